The van der Waals surface area contributed by atoms with Gasteiger partial charge in [0.2, 0.25) is 0 Å². The van der Waals surface area contributed by atoms with Crippen molar-refractivity contribution in [2.75, 3.05) is 6.54 Å². The van der Waals surface area contributed by atoms with Gasteiger partial charge in [0, 0.05) is 18.0 Å². The molecule has 118 valence electrons. The molecule has 1 aliphatic heterocycles. The van der Waals surface area contributed by atoms with Crippen LogP contribution in [-0.4, -0.2) is 22.9 Å². The van der Waals surface area contributed by atoms with Gasteiger partial charge in [-0.05, 0) is 44.5 Å². The predicted octanol–water partition coefficient (Wildman–Crippen LogP) is 3.36. The number of benzene rings is 1. The average molecular weight is 318 g/mol. The van der Waals surface area contributed by atoms with E-state index >= 15 is 0 Å². The smallest absolute Gasteiger partial charge is 0.308 e. The highest BCUT2D eigenvalue weighted by Gasteiger charge is 2.24. The number of hydrogen-bond donors (Lipinski definition) is 1. The first-order valence-corrected chi connectivity index (χ1v) is 8.85. The molecule has 2 unspecified atom stereocenters. The van der Waals surface area contributed by atoms with E-state index in [1.807, 2.05) is 29.7 Å². The number of ketones is 1. The predicted molar refractivity (Wildman–Crippen MR) is 91.1 cm³/mol. The normalized spacial score (nSPS) is 20.2. The zero-order chi connectivity index (χ0) is 15.7. The molecule has 22 heavy (non-hydrogen) atoms. The van der Waals surface area contributed by atoms with Crippen molar-refractivity contribution in [3.63, 3.8) is 0 Å². The summed E-state index contributed by atoms with van der Waals surface area (Å²) in [5.74, 6) is 0.122. The summed E-state index contributed by atoms with van der Waals surface area (Å²) in [5, 5.41) is 3.53. The molecule has 0 amide bonds. The fourth-order valence-corrected chi connectivity index (χ4v) is 4.28. The maximum atomic E-state index is 12.4. The van der Waals surface area contributed by atoms with Gasteiger partial charge in [-0.2, -0.15) is 0 Å². The third-order valence-corrected chi connectivity index (χ3v) is 5.51. The summed E-state index contributed by atoms with van der Waals surface area (Å²) in [6, 6.07) is 6.12. The minimum atomic E-state index is 0.0657. The van der Waals surface area contributed by atoms with Crippen LogP contribution in [0.25, 0.3) is 10.2 Å². The molecule has 1 fully saturated rings. The fourth-order valence-electron chi connectivity index (χ4n) is 3.27. The molecule has 1 aliphatic rings. The molecule has 0 saturated carbocycles. The van der Waals surface area contributed by atoms with Crippen molar-refractivity contribution >= 4 is 27.3 Å². The number of Topliss-reactive ketones (excluding diaryl/α,β-unsaturated/α-hetero) is 1. The van der Waals surface area contributed by atoms with E-state index in [1.165, 1.54) is 24.2 Å². The third kappa shape index (κ3) is 2.75. The lowest BCUT2D eigenvalue weighted by molar-refractivity contribution is 0.0988. The minimum absolute atomic E-state index is 0.0657. The summed E-state index contributed by atoms with van der Waals surface area (Å²) in [7, 11) is 0. The van der Waals surface area contributed by atoms with E-state index in [-0.39, 0.29) is 16.7 Å². The Hall–Kier alpha value is -1.46. The molecule has 0 radical (unpaired) electrons. The lowest BCUT2D eigenvalue weighted by Gasteiger charge is -2.29. The first-order chi connectivity index (χ1) is 10.6. The van der Waals surface area contributed by atoms with Crippen LogP contribution in [-0.2, 0) is 0 Å². The van der Waals surface area contributed by atoms with E-state index in [2.05, 4.69) is 12.2 Å². The summed E-state index contributed by atoms with van der Waals surface area (Å²) in [6.45, 7) is 5.00. The topological polar surface area (TPSA) is 51.1 Å². The molecule has 1 aromatic heterocycles. The van der Waals surface area contributed by atoms with Crippen LogP contribution in [0.1, 0.15) is 55.9 Å². The summed E-state index contributed by atoms with van der Waals surface area (Å²) < 4.78 is 2.80. The van der Waals surface area contributed by atoms with E-state index in [0.717, 1.165) is 23.2 Å². The number of thiazole rings is 1. The third-order valence-electron chi connectivity index (χ3n) is 4.59. The molecule has 3 rings (SSSR count). The lowest BCUT2D eigenvalue weighted by Crippen LogP contribution is -2.41. The van der Waals surface area contributed by atoms with Crippen molar-refractivity contribution in [3.8, 4) is 0 Å². The number of nitrogens with one attached hydrogen (secondary N) is 1. The van der Waals surface area contributed by atoms with Crippen LogP contribution in [0.4, 0.5) is 0 Å². The van der Waals surface area contributed by atoms with Crippen molar-refractivity contribution in [1.82, 2.24) is 9.88 Å². The molecule has 2 atom stereocenters. The summed E-state index contributed by atoms with van der Waals surface area (Å²) in [4.78, 5) is 24.3. The minimum Gasteiger partial charge on any atom is -0.312 e. The number of nitrogens with zero attached hydrogens (tertiary/aromatic N) is 1. The van der Waals surface area contributed by atoms with Gasteiger partial charge in [-0.3, -0.25) is 14.2 Å². The molecule has 0 spiro atoms. The fraction of sp³-hybridized carbons (Fsp3) is 0.529. The Bertz CT molecular complexity index is 741. The number of aromatic nitrogens is 1. The Labute approximate surface area is 134 Å². The Morgan fingerprint density at radius 3 is 2.95 bits per heavy atom. The van der Waals surface area contributed by atoms with Crippen molar-refractivity contribution in [2.45, 2.75) is 51.6 Å². The zero-order valence-electron chi connectivity index (χ0n) is 13.1. The van der Waals surface area contributed by atoms with E-state index < -0.39 is 0 Å². The van der Waals surface area contributed by atoms with Gasteiger partial charge >= 0.3 is 4.87 Å². The molecule has 1 N–H and O–H groups in total. The van der Waals surface area contributed by atoms with Crippen molar-refractivity contribution in [2.24, 2.45) is 0 Å². The first-order valence-electron chi connectivity index (χ1n) is 8.03. The van der Waals surface area contributed by atoms with Gasteiger partial charge in [-0.25, -0.2) is 0 Å². The van der Waals surface area contributed by atoms with Crippen molar-refractivity contribution in [3.05, 3.63) is 33.4 Å². The highest BCUT2D eigenvalue weighted by molar-refractivity contribution is 7.16. The van der Waals surface area contributed by atoms with Gasteiger partial charge in [0.1, 0.15) is 0 Å². The van der Waals surface area contributed by atoms with Gasteiger partial charge in [0.15, 0.2) is 5.78 Å². The summed E-state index contributed by atoms with van der Waals surface area (Å²) >= 11 is 1.24. The number of fused-ring (bicyclic) bond motifs is 1. The maximum Gasteiger partial charge on any atom is 0.308 e. The molecular weight excluding hydrogens is 296 g/mol. The van der Waals surface area contributed by atoms with Crippen LogP contribution in [0.2, 0.25) is 0 Å². The molecule has 5 heteroatoms. The molecule has 4 nitrogen and oxygen atoms in total. The second-order valence-corrected chi connectivity index (χ2v) is 6.99. The van der Waals surface area contributed by atoms with Crippen LogP contribution >= 0.6 is 11.3 Å². The van der Waals surface area contributed by atoms with Crippen LogP contribution in [0.3, 0.4) is 0 Å². The molecule has 0 aliphatic carbocycles. The average Bonchev–Trinajstić information content (AvgIpc) is 2.89. The van der Waals surface area contributed by atoms with Gasteiger partial charge in [-0.15, -0.1) is 0 Å². The Morgan fingerprint density at radius 1 is 1.45 bits per heavy atom. The second kappa shape index (κ2) is 6.34. The van der Waals surface area contributed by atoms with Crippen molar-refractivity contribution in [1.29, 1.82) is 0 Å². The monoisotopic (exact) mass is 318 g/mol. The molecule has 2 heterocycles. The Kier molecular flexibility index (Phi) is 4.45. The van der Waals surface area contributed by atoms with Gasteiger partial charge in [-0.1, -0.05) is 24.7 Å². The van der Waals surface area contributed by atoms with Crippen LogP contribution in [0, 0.1) is 0 Å². The molecular formula is C17H22N2O2S. The number of carbonyl (C=O) groups excluding carboxylic acids is 1. The number of carbonyl (C=O) groups is 1. The SMILES string of the molecule is CCC(=O)c1ccc2c(c1)sc(=O)n2C(C)C1CCCCN1. The largest absolute Gasteiger partial charge is 0.312 e. The Morgan fingerprint density at radius 2 is 2.27 bits per heavy atom. The van der Waals surface area contributed by atoms with E-state index in [4.69, 9.17) is 0 Å². The van der Waals surface area contributed by atoms with E-state index in [0.29, 0.717) is 18.0 Å². The van der Waals surface area contributed by atoms with E-state index in [1.54, 1.807) is 0 Å². The first kappa shape index (κ1) is 15.4. The van der Waals surface area contributed by atoms with E-state index in [9.17, 15) is 9.59 Å². The van der Waals surface area contributed by atoms with Crippen LogP contribution in [0.5, 0.6) is 0 Å². The van der Waals surface area contributed by atoms with Crippen LogP contribution in [0.15, 0.2) is 23.0 Å². The number of rotatable bonds is 4. The maximum absolute atomic E-state index is 12.4. The van der Waals surface area contributed by atoms with Gasteiger partial charge in [0.05, 0.1) is 16.3 Å². The molecule has 1 saturated heterocycles. The van der Waals surface area contributed by atoms with Crippen molar-refractivity contribution < 1.29 is 4.79 Å². The van der Waals surface area contributed by atoms with Gasteiger partial charge in [0.25, 0.3) is 0 Å². The highest BCUT2D eigenvalue weighted by atomic mass is 32.1. The highest BCUT2D eigenvalue weighted by Crippen LogP contribution is 2.26. The summed E-state index contributed by atoms with van der Waals surface area (Å²) in [6.07, 6.45) is 4.03. The molecule has 2 aromatic rings. The Balaban J connectivity index is 2.00. The quantitative estimate of drug-likeness (QED) is 0.880. The molecule has 1 aromatic carbocycles. The van der Waals surface area contributed by atoms with Gasteiger partial charge < -0.3 is 5.32 Å². The summed E-state index contributed by atoms with van der Waals surface area (Å²) in [5.41, 5.74) is 1.65. The molecule has 0 bridgehead atoms. The number of piperidine rings is 1. The second-order valence-electron chi connectivity index (χ2n) is 5.99. The standard InChI is InChI=1S/C17H22N2O2S/c1-3-15(20)12-7-8-14-16(10-12)22-17(21)19(14)11(2)13-6-4-5-9-18-13/h7-8,10-11,13,18H,3-6,9H2,1-2H3. The zero-order valence-corrected chi connectivity index (χ0v) is 13.9. The van der Waals surface area contributed by atoms with Crippen LogP contribution < -0.4 is 10.2 Å². The number of hydrogen-bond acceptors (Lipinski definition) is 4. The lowest BCUT2D eigenvalue weighted by atomic mass is 9.98.